The molecule has 1 heterocycles. The van der Waals surface area contributed by atoms with Crippen LogP contribution in [-0.4, -0.2) is 22.5 Å². The Morgan fingerprint density at radius 3 is 2.11 bits per heavy atom. The van der Waals surface area contributed by atoms with Gasteiger partial charge in [-0.2, -0.15) is 13.2 Å². The fourth-order valence-electron chi connectivity index (χ4n) is 2.33. The normalized spacial score (nSPS) is 19.1. The van der Waals surface area contributed by atoms with Gasteiger partial charge in [-0.25, -0.2) is 0 Å². The van der Waals surface area contributed by atoms with Crippen LogP contribution in [0.1, 0.15) is 29.9 Å². The number of piperidine rings is 1. The second kappa shape index (κ2) is 5.77. The van der Waals surface area contributed by atoms with E-state index in [1.807, 2.05) is 0 Å². The van der Waals surface area contributed by atoms with Crippen molar-refractivity contribution in [2.24, 2.45) is 0 Å². The number of likely N-dealkylation sites (tertiary alicyclic amines) is 1. The fourth-order valence-corrected chi connectivity index (χ4v) is 3.01. The fraction of sp³-hybridized carbons (Fsp3) is 0.538. The predicted octanol–water partition coefficient (Wildman–Crippen LogP) is 4.28. The Morgan fingerprint density at radius 1 is 1.11 bits per heavy atom. The van der Waals surface area contributed by atoms with E-state index in [0.29, 0.717) is 5.92 Å². The van der Waals surface area contributed by atoms with Crippen LogP contribution in [0, 0.1) is 0 Å². The Labute approximate surface area is 118 Å². The summed E-state index contributed by atoms with van der Waals surface area (Å²) < 4.78 is 38.4. The summed E-state index contributed by atoms with van der Waals surface area (Å²) in [7, 11) is 0. The van der Waals surface area contributed by atoms with E-state index in [0.717, 1.165) is 36.0 Å². The van der Waals surface area contributed by atoms with Gasteiger partial charge in [0.2, 0.25) is 0 Å². The van der Waals surface area contributed by atoms with Gasteiger partial charge in [-0.15, -0.1) is 0 Å². The standard InChI is InChI=1S/C13H15F3IN/c14-13(15,16)12-3-1-10(2-4-12)11-5-7-18(9-17)8-6-11/h1-4,11H,5-9H2. The van der Waals surface area contributed by atoms with Gasteiger partial charge < -0.3 is 0 Å². The summed E-state index contributed by atoms with van der Waals surface area (Å²) in [5, 5.41) is 0. The zero-order valence-electron chi connectivity index (χ0n) is 9.88. The largest absolute Gasteiger partial charge is 0.416 e. The van der Waals surface area contributed by atoms with Gasteiger partial charge >= 0.3 is 6.18 Å². The topological polar surface area (TPSA) is 3.24 Å². The molecule has 0 aliphatic carbocycles. The van der Waals surface area contributed by atoms with Crippen LogP contribution in [0.15, 0.2) is 24.3 Å². The molecule has 0 radical (unpaired) electrons. The molecule has 18 heavy (non-hydrogen) atoms. The van der Waals surface area contributed by atoms with Crippen LogP contribution in [0.2, 0.25) is 0 Å². The molecule has 1 aromatic carbocycles. The number of rotatable bonds is 2. The van der Waals surface area contributed by atoms with Crippen LogP contribution < -0.4 is 0 Å². The number of nitrogens with zero attached hydrogens (tertiary/aromatic N) is 1. The second-order valence-electron chi connectivity index (χ2n) is 4.63. The summed E-state index contributed by atoms with van der Waals surface area (Å²) in [6.45, 7) is 2.07. The van der Waals surface area contributed by atoms with Gasteiger partial charge in [0, 0.05) is 0 Å². The highest BCUT2D eigenvalue weighted by Gasteiger charge is 2.30. The van der Waals surface area contributed by atoms with Gasteiger partial charge in [0.15, 0.2) is 0 Å². The third kappa shape index (κ3) is 3.38. The molecule has 1 saturated heterocycles. The van der Waals surface area contributed by atoms with Crippen molar-refractivity contribution >= 4 is 22.6 Å². The Balaban J connectivity index is 2.02. The highest BCUT2D eigenvalue weighted by Crippen LogP contribution is 2.32. The van der Waals surface area contributed by atoms with E-state index in [4.69, 9.17) is 0 Å². The van der Waals surface area contributed by atoms with Gasteiger partial charge in [-0.3, -0.25) is 4.90 Å². The minimum absolute atomic E-state index is 0.409. The molecular weight excluding hydrogens is 354 g/mol. The molecule has 100 valence electrons. The number of benzene rings is 1. The van der Waals surface area contributed by atoms with E-state index < -0.39 is 11.7 Å². The Hall–Kier alpha value is -0.300. The Kier molecular flexibility index (Phi) is 4.53. The highest BCUT2D eigenvalue weighted by molar-refractivity contribution is 14.1. The smallest absolute Gasteiger partial charge is 0.294 e. The third-order valence-corrected chi connectivity index (χ3v) is 4.43. The summed E-state index contributed by atoms with van der Waals surface area (Å²) >= 11 is 2.34. The first kappa shape index (κ1) is 14.1. The third-order valence-electron chi connectivity index (χ3n) is 3.47. The van der Waals surface area contributed by atoms with E-state index in [1.54, 1.807) is 12.1 Å². The van der Waals surface area contributed by atoms with Crippen LogP contribution in [-0.2, 0) is 6.18 Å². The van der Waals surface area contributed by atoms with Crippen LogP contribution >= 0.6 is 22.6 Å². The zero-order chi connectivity index (χ0) is 13.2. The first-order chi connectivity index (χ1) is 8.50. The number of hydrogen-bond acceptors (Lipinski definition) is 1. The lowest BCUT2D eigenvalue weighted by molar-refractivity contribution is -0.137. The molecule has 1 fully saturated rings. The zero-order valence-corrected chi connectivity index (χ0v) is 12.0. The van der Waals surface area contributed by atoms with Crippen LogP contribution in [0.4, 0.5) is 13.2 Å². The highest BCUT2D eigenvalue weighted by atomic mass is 127. The first-order valence-corrected chi connectivity index (χ1v) is 7.49. The maximum Gasteiger partial charge on any atom is 0.416 e. The van der Waals surface area contributed by atoms with E-state index in [-0.39, 0.29) is 0 Å². The molecule has 0 N–H and O–H groups in total. The van der Waals surface area contributed by atoms with Gasteiger partial charge in [-0.1, -0.05) is 34.7 Å². The Morgan fingerprint density at radius 2 is 1.67 bits per heavy atom. The lowest BCUT2D eigenvalue weighted by atomic mass is 9.89. The molecule has 0 saturated carbocycles. The molecule has 0 aromatic heterocycles. The summed E-state index contributed by atoms with van der Waals surface area (Å²) in [4.78, 5) is 2.36. The van der Waals surface area contributed by atoms with Gasteiger partial charge in [0.25, 0.3) is 0 Å². The maximum absolute atomic E-state index is 12.5. The van der Waals surface area contributed by atoms with Crippen molar-refractivity contribution in [3.05, 3.63) is 35.4 Å². The molecule has 1 aliphatic rings. The SMILES string of the molecule is FC(F)(F)c1ccc(C2CCN(CI)CC2)cc1. The summed E-state index contributed by atoms with van der Waals surface area (Å²) in [5.41, 5.74) is 0.479. The minimum Gasteiger partial charge on any atom is -0.294 e. The summed E-state index contributed by atoms with van der Waals surface area (Å²) in [6.07, 6.45) is -2.16. The monoisotopic (exact) mass is 369 g/mol. The van der Waals surface area contributed by atoms with Gasteiger partial charge in [0.1, 0.15) is 0 Å². The number of halogens is 4. The first-order valence-electron chi connectivity index (χ1n) is 5.96. The molecule has 5 heteroatoms. The van der Waals surface area contributed by atoms with E-state index in [2.05, 4.69) is 27.5 Å². The second-order valence-corrected chi connectivity index (χ2v) is 5.31. The molecule has 2 rings (SSSR count). The van der Waals surface area contributed by atoms with Crippen molar-refractivity contribution < 1.29 is 13.2 Å². The molecule has 0 atom stereocenters. The van der Waals surface area contributed by atoms with E-state index >= 15 is 0 Å². The maximum atomic E-state index is 12.5. The van der Waals surface area contributed by atoms with Crippen LogP contribution in [0.3, 0.4) is 0 Å². The average molecular weight is 369 g/mol. The minimum atomic E-state index is -4.23. The predicted molar refractivity (Wildman–Crippen MR) is 73.9 cm³/mol. The molecule has 0 bridgehead atoms. The quantitative estimate of drug-likeness (QED) is 0.428. The van der Waals surface area contributed by atoms with Crippen molar-refractivity contribution in [1.82, 2.24) is 4.90 Å². The lowest BCUT2D eigenvalue weighted by Crippen LogP contribution is -2.31. The van der Waals surface area contributed by atoms with Crippen LogP contribution in [0.5, 0.6) is 0 Å². The van der Waals surface area contributed by atoms with Crippen molar-refractivity contribution in [1.29, 1.82) is 0 Å². The van der Waals surface area contributed by atoms with Crippen molar-refractivity contribution in [2.75, 3.05) is 17.6 Å². The molecule has 1 nitrogen and oxygen atoms in total. The summed E-state index contributed by atoms with van der Waals surface area (Å²) in [5.74, 6) is 0.409. The molecular formula is C13H15F3IN. The molecule has 0 amide bonds. The molecule has 0 spiro atoms. The van der Waals surface area contributed by atoms with Crippen LogP contribution in [0.25, 0.3) is 0 Å². The lowest BCUT2D eigenvalue weighted by Gasteiger charge is -2.30. The number of alkyl halides is 4. The number of hydrogen-bond donors (Lipinski definition) is 0. The van der Waals surface area contributed by atoms with Crippen molar-refractivity contribution in [3.63, 3.8) is 0 Å². The Bertz CT molecular complexity index is 380. The molecule has 0 unspecified atom stereocenters. The van der Waals surface area contributed by atoms with Gasteiger partial charge in [0.05, 0.1) is 10.1 Å². The van der Waals surface area contributed by atoms with Gasteiger partial charge in [-0.05, 0) is 49.5 Å². The van der Waals surface area contributed by atoms with Crippen molar-refractivity contribution in [3.8, 4) is 0 Å². The van der Waals surface area contributed by atoms with E-state index in [1.165, 1.54) is 12.1 Å². The summed E-state index contributed by atoms with van der Waals surface area (Å²) in [6, 6.07) is 5.65. The van der Waals surface area contributed by atoms with Crippen molar-refractivity contribution in [2.45, 2.75) is 24.9 Å². The average Bonchev–Trinajstić information content (AvgIpc) is 2.38. The molecule has 1 aromatic rings. The molecule has 1 aliphatic heterocycles. The van der Waals surface area contributed by atoms with E-state index in [9.17, 15) is 13.2 Å².